The Morgan fingerprint density at radius 2 is 1.97 bits per heavy atom. The molecule has 32 heavy (non-hydrogen) atoms. The van der Waals surface area contributed by atoms with Gasteiger partial charge in [-0.2, -0.15) is 15.2 Å². The van der Waals surface area contributed by atoms with Crippen molar-refractivity contribution >= 4 is 29.0 Å². The molecule has 0 unspecified atom stereocenters. The van der Waals surface area contributed by atoms with Crippen molar-refractivity contribution in [1.29, 1.82) is 5.26 Å². The Morgan fingerprint density at radius 3 is 2.62 bits per heavy atom. The topological polar surface area (TPSA) is 158 Å². The number of anilines is 1. The molecule has 11 nitrogen and oxygen atoms in total. The van der Waals surface area contributed by atoms with E-state index in [1.165, 1.54) is 29.2 Å². The summed E-state index contributed by atoms with van der Waals surface area (Å²) >= 11 is 6.07. The first-order valence-corrected chi connectivity index (χ1v) is 9.26. The Hall–Kier alpha value is -4.43. The second kappa shape index (κ2) is 9.15. The van der Waals surface area contributed by atoms with Gasteiger partial charge in [0.2, 0.25) is 5.82 Å². The van der Waals surface area contributed by atoms with Gasteiger partial charge >= 0.3 is 17.6 Å². The van der Waals surface area contributed by atoms with E-state index < -0.39 is 22.3 Å². The first-order valence-electron chi connectivity index (χ1n) is 8.88. The average Bonchev–Trinajstić information content (AvgIpc) is 2.74. The van der Waals surface area contributed by atoms with Crippen LogP contribution in [0.1, 0.15) is 15.9 Å². The number of ether oxygens (including phenoxy) is 2. The van der Waals surface area contributed by atoms with Crippen LogP contribution in [0.4, 0.5) is 11.5 Å². The summed E-state index contributed by atoms with van der Waals surface area (Å²) in [7, 11) is 3.21. The number of carbonyl (C=O) groups is 1. The number of rotatable bonds is 6. The molecule has 0 aliphatic rings. The van der Waals surface area contributed by atoms with Gasteiger partial charge in [0.05, 0.1) is 21.6 Å². The van der Waals surface area contributed by atoms with Crippen molar-refractivity contribution in [2.24, 2.45) is 0 Å². The van der Waals surface area contributed by atoms with Gasteiger partial charge in [-0.25, -0.2) is 0 Å². The number of nitriles is 1. The van der Waals surface area contributed by atoms with Crippen molar-refractivity contribution in [3.63, 3.8) is 0 Å². The van der Waals surface area contributed by atoms with Crippen molar-refractivity contribution in [2.45, 2.75) is 0 Å². The van der Waals surface area contributed by atoms with E-state index in [9.17, 15) is 14.9 Å². The lowest BCUT2D eigenvalue weighted by Crippen LogP contribution is -2.21. The predicted octanol–water partition coefficient (Wildman–Crippen LogP) is 3.78. The predicted molar refractivity (Wildman–Crippen MR) is 114 cm³/mol. The van der Waals surface area contributed by atoms with Gasteiger partial charge in [0.15, 0.2) is 0 Å². The normalized spacial score (nSPS) is 10.2. The molecule has 3 aromatic rings. The smallest absolute Gasteiger partial charge is 0.373 e. The van der Waals surface area contributed by atoms with Gasteiger partial charge in [-0.3, -0.25) is 14.9 Å². The molecule has 1 amide bonds. The quantitative estimate of drug-likeness (QED) is 0.432. The fourth-order valence-corrected chi connectivity index (χ4v) is 2.69. The molecule has 1 aromatic heterocycles. The molecule has 0 atom stereocenters. The molecule has 12 heteroatoms. The Bertz CT molecular complexity index is 1260. The molecule has 0 aliphatic heterocycles. The average molecular weight is 455 g/mol. The summed E-state index contributed by atoms with van der Waals surface area (Å²) in [5.74, 6) is -1.15. The van der Waals surface area contributed by atoms with Crippen molar-refractivity contribution in [3.05, 3.63) is 68.7 Å². The standard InChI is InChI=1S/C20H15ClN6O5/c1-26(2)19(28)12-4-3-5-13(9-12)31-20-24-17(23)16(27(29)30)18(25-20)32-15-8-11(10-22)6-7-14(15)21/h3-9H,1-2H3,(H2,23,24,25). The van der Waals surface area contributed by atoms with Crippen molar-refractivity contribution in [3.8, 4) is 29.5 Å². The van der Waals surface area contributed by atoms with Crippen LogP contribution in [-0.2, 0) is 0 Å². The van der Waals surface area contributed by atoms with Gasteiger partial charge < -0.3 is 20.1 Å². The molecule has 2 aromatic carbocycles. The maximum atomic E-state index is 12.2. The highest BCUT2D eigenvalue weighted by Gasteiger charge is 2.27. The van der Waals surface area contributed by atoms with E-state index in [2.05, 4.69) is 9.97 Å². The van der Waals surface area contributed by atoms with Gasteiger partial charge in [0, 0.05) is 25.7 Å². The van der Waals surface area contributed by atoms with E-state index in [1.54, 1.807) is 32.3 Å². The van der Waals surface area contributed by atoms with E-state index in [4.69, 9.17) is 32.1 Å². The molecule has 2 N–H and O–H groups in total. The maximum Gasteiger partial charge on any atom is 0.373 e. The van der Waals surface area contributed by atoms with E-state index >= 15 is 0 Å². The molecule has 0 aliphatic carbocycles. The van der Waals surface area contributed by atoms with Crippen LogP contribution in [0.5, 0.6) is 23.4 Å². The summed E-state index contributed by atoms with van der Waals surface area (Å²) in [5, 5.41) is 20.6. The molecule has 0 fully saturated rings. The van der Waals surface area contributed by atoms with Crippen LogP contribution < -0.4 is 15.2 Å². The third kappa shape index (κ3) is 4.82. The zero-order valence-electron chi connectivity index (χ0n) is 16.8. The third-order valence-corrected chi connectivity index (χ3v) is 4.32. The number of aromatic nitrogens is 2. The van der Waals surface area contributed by atoms with Crippen molar-refractivity contribution in [2.75, 3.05) is 19.8 Å². The largest absolute Gasteiger partial charge is 0.432 e. The van der Waals surface area contributed by atoms with Crippen molar-refractivity contribution in [1.82, 2.24) is 14.9 Å². The van der Waals surface area contributed by atoms with Crippen LogP contribution in [0.3, 0.4) is 0 Å². The molecule has 0 bridgehead atoms. The number of nitrogen functional groups attached to an aromatic ring is 1. The first-order chi connectivity index (χ1) is 15.2. The molecular weight excluding hydrogens is 440 g/mol. The minimum absolute atomic E-state index is 0.0450. The lowest BCUT2D eigenvalue weighted by Gasteiger charge is -2.12. The highest BCUT2D eigenvalue weighted by molar-refractivity contribution is 6.32. The van der Waals surface area contributed by atoms with Crippen LogP contribution in [0.15, 0.2) is 42.5 Å². The summed E-state index contributed by atoms with van der Waals surface area (Å²) in [5.41, 5.74) is 5.60. The van der Waals surface area contributed by atoms with Crippen LogP contribution in [0.25, 0.3) is 0 Å². The third-order valence-electron chi connectivity index (χ3n) is 4.00. The SMILES string of the molecule is CN(C)C(=O)c1cccc(Oc2nc(N)c([N+](=O)[O-])c(Oc3cc(C#N)ccc3Cl)n2)c1. The first kappa shape index (κ1) is 22.3. The molecule has 162 valence electrons. The minimum atomic E-state index is -0.813. The highest BCUT2D eigenvalue weighted by Crippen LogP contribution is 2.38. The number of nitrogens with zero attached hydrogens (tertiary/aromatic N) is 5. The lowest BCUT2D eigenvalue weighted by molar-refractivity contribution is -0.385. The maximum absolute atomic E-state index is 12.2. The zero-order valence-corrected chi connectivity index (χ0v) is 17.5. The van der Waals surface area contributed by atoms with E-state index in [1.807, 2.05) is 6.07 Å². The van der Waals surface area contributed by atoms with Gasteiger partial charge in [-0.15, -0.1) is 0 Å². The Balaban J connectivity index is 2.01. The summed E-state index contributed by atoms with van der Waals surface area (Å²) in [6.45, 7) is 0. The Morgan fingerprint density at radius 1 is 1.22 bits per heavy atom. The fourth-order valence-electron chi connectivity index (χ4n) is 2.53. The summed E-state index contributed by atoms with van der Waals surface area (Å²) in [6, 6.07) is 11.9. The molecule has 0 spiro atoms. The van der Waals surface area contributed by atoms with Gasteiger partial charge in [-0.05, 0) is 30.3 Å². The number of hydrogen-bond acceptors (Lipinski definition) is 9. The Kier molecular flexibility index (Phi) is 6.37. The zero-order chi connectivity index (χ0) is 23.4. The van der Waals surface area contributed by atoms with Gasteiger partial charge in [0.25, 0.3) is 5.91 Å². The van der Waals surface area contributed by atoms with E-state index in [-0.39, 0.29) is 34.0 Å². The number of nitro groups is 1. The highest BCUT2D eigenvalue weighted by atomic mass is 35.5. The fraction of sp³-hybridized carbons (Fsp3) is 0.100. The van der Waals surface area contributed by atoms with Gasteiger partial charge in [0.1, 0.15) is 11.5 Å². The van der Waals surface area contributed by atoms with Crippen LogP contribution in [0, 0.1) is 21.4 Å². The number of hydrogen-bond donors (Lipinski definition) is 1. The molecular formula is C20H15ClN6O5. The molecule has 3 rings (SSSR count). The number of amides is 1. The summed E-state index contributed by atoms with van der Waals surface area (Å²) in [6.07, 6.45) is 0. The second-order valence-corrected chi connectivity index (χ2v) is 6.90. The van der Waals surface area contributed by atoms with E-state index in [0.29, 0.717) is 5.56 Å². The minimum Gasteiger partial charge on any atom is -0.432 e. The van der Waals surface area contributed by atoms with Crippen molar-refractivity contribution < 1.29 is 19.2 Å². The molecule has 0 saturated carbocycles. The number of halogens is 1. The monoisotopic (exact) mass is 454 g/mol. The van der Waals surface area contributed by atoms with Crippen LogP contribution in [-0.4, -0.2) is 39.8 Å². The molecule has 0 saturated heterocycles. The molecule has 0 radical (unpaired) electrons. The molecule has 1 heterocycles. The van der Waals surface area contributed by atoms with Gasteiger partial charge in [-0.1, -0.05) is 17.7 Å². The van der Waals surface area contributed by atoms with E-state index in [0.717, 1.165) is 0 Å². The summed E-state index contributed by atoms with van der Waals surface area (Å²) in [4.78, 5) is 32.0. The number of nitrogens with two attached hydrogens (primary N) is 1. The second-order valence-electron chi connectivity index (χ2n) is 6.49. The number of carbonyl (C=O) groups excluding carboxylic acids is 1. The number of benzene rings is 2. The van der Waals surface area contributed by atoms with Crippen LogP contribution >= 0.6 is 11.6 Å². The summed E-state index contributed by atoms with van der Waals surface area (Å²) < 4.78 is 11.1. The Labute approximate surface area is 186 Å². The van der Waals surface area contributed by atoms with Crippen LogP contribution in [0.2, 0.25) is 5.02 Å². The lowest BCUT2D eigenvalue weighted by atomic mass is 10.2.